The van der Waals surface area contributed by atoms with Crippen molar-refractivity contribution in [1.29, 1.82) is 0 Å². The van der Waals surface area contributed by atoms with Gasteiger partial charge < -0.3 is 10.5 Å². The van der Waals surface area contributed by atoms with E-state index < -0.39 is 0 Å². The van der Waals surface area contributed by atoms with Crippen LogP contribution in [0.3, 0.4) is 0 Å². The summed E-state index contributed by atoms with van der Waals surface area (Å²) in [6.45, 7) is 2.50. The molecular formula is C15H17N3O2S. The number of benzene rings is 1. The molecule has 0 radical (unpaired) electrons. The van der Waals surface area contributed by atoms with E-state index in [1.807, 2.05) is 31.2 Å². The summed E-state index contributed by atoms with van der Waals surface area (Å²) in [6.07, 6.45) is 0.797. The lowest BCUT2D eigenvalue weighted by molar-refractivity contribution is 0.415. The van der Waals surface area contributed by atoms with Gasteiger partial charge in [0.1, 0.15) is 10.7 Å². The van der Waals surface area contributed by atoms with Gasteiger partial charge in [0.2, 0.25) is 0 Å². The molecule has 0 aliphatic rings. The van der Waals surface area contributed by atoms with Crippen LogP contribution in [0.25, 0.3) is 11.3 Å². The van der Waals surface area contributed by atoms with Gasteiger partial charge in [-0.1, -0.05) is 31.3 Å². The normalized spacial score (nSPS) is 10.4. The molecule has 2 rings (SSSR count). The lowest BCUT2D eigenvalue weighted by atomic mass is 10.1. The van der Waals surface area contributed by atoms with Gasteiger partial charge in [-0.05, 0) is 24.6 Å². The summed E-state index contributed by atoms with van der Waals surface area (Å²) in [6, 6.07) is 9.10. The highest BCUT2D eigenvalue weighted by Gasteiger charge is 2.12. The van der Waals surface area contributed by atoms with Crippen molar-refractivity contribution in [3.63, 3.8) is 0 Å². The summed E-state index contributed by atoms with van der Waals surface area (Å²) >= 11 is 4.96. The smallest absolute Gasteiger partial charge is 0.277 e. The second kappa shape index (κ2) is 6.49. The topological polar surface area (TPSA) is 70.1 Å². The number of aryl methyl sites for hydroxylation is 1. The first-order valence-electron chi connectivity index (χ1n) is 6.63. The van der Waals surface area contributed by atoms with Crippen LogP contribution in [0, 0.1) is 0 Å². The standard InChI is InChI=1S/C15H17N3O2S/c1-3-7-18-15(19)12(14(16)21)9-13(17-18)10-5-4-6-11(8-10)20-2/h4-6,8-9H,3,7H2,1-2H3,(H2,16,21). The zero-order valence-corrected chi connectivity index (χ0v) is 12.8. The Morgan fingerprint density at radius 3 is 2.81 bits per heavy atom. The highest BCUT2D eigenvalue weighted by Crippen LogP contribution is 2.22. The maximum absolute atomic E-state index is 12.2. The summed E-state index contributed by atoms with van der Waals surface area (Å²) in [7, 11) is 1.60. The van der Waals surface area contributed by atoms with Crippen molar-refractivity contribution in [1.82, 2.24) is 9.78 Å². The van der Waals surface area contributed by atoms with Gasteiger partial charge in [0.15, 0.2) is 0 Å². The molecule has 0 aliphatic carbocycles. The van der Waals surface area contributed by atoms with Gasteiger partial charge in [-0.2, -0.15) is 5.10 Å². The van der Waals surface area contributed by atoms with E-state index in [1.54, 1.807) is 13.2 Å². The number of nitrogens with zero attached hydrogens (tertiary/aromatic N) is 2. The number of aromatic nitrogens is 2. The molecule has 0 fully saturated rings. The number of hydrogen-bond acceptors (Lipinski definition) is 4. The molecule has 5 nitrogen and oxygen atoms in total. The van der Waals surface area contributed by atoms with Gasteiger partial charge in [-0.25, -0.2) is 4.68 Å². The molecule has 1 aromatic carbocycles. The van der Waals surface area contributed by atoms with Crippen molar-refractivity contribution in [2.24, 2.45) is 5.73 Å². The molecule has 0 saturated carbocycles. The maximum atomic E-state index is 12.2. The number of rotatable bonds is 5. The van der Waals surface area contributed by atoms with Crippen LogP contribution < -0.4 is 16.0 Å². The van der Waals surface area contributed by atoms with E-state index in [4.69, 9.17) is 22.7 Å². The minimum atomic E-state index is -0.254. The third-order valence-electron chi connectivity index (χ3n) is 3.04. The highest BCUT2D eigenvalue weighted by molar-refractivity contribution is 7.80. The summed E-state index contributed by atoms with van der Waals surface area (Å²) in [5.41, 5.74) is 7.19. The average Bonchev–Trinajstić information content (AvgIpc) is 2.49. The van der Waals surface area contributed by atoms with Crippen LogP contribution in [-0.4, -0.2) is 21.9 Å². The highest BCUT2D eigenvalue weighted by atomic mass is 32.1. The third kappa shape index (κ3) is 3.28. The second-order valence-electron chi connectivity index (χ2n) is 4.57. The van der Waals surface area contributed by atoms with E-state index in [-0.39, 0.29) is 10.5 Å². The molecule has 6 heteroatoms. The van der Waals surface area contributed by atoms with Crippen LogP contribution >= 0.6 is 12.2 Å². The molecule has 0 aliphatic heterocycles. The second-order valence-corrected chi connectivity index (χ2v) is 5.01. The van der Waals surface area contributed by atoms with Crippen molar-refractivity contribution in [3.8, 4) is 17.0 Å². The van der Waals surface area contributed by atoms with Gasteiger partial charge in [0.25, 0.3) is 5.56 Å². The molecule has 0 bridgehead atoms. The SMILES string of the molecule is CCCn1nc(-c2cccc(OC)c2)cc(C(N)=S)c1=O. The van der Waals surface area contributed by atoms with E-state index >= 15 is 0 Å². The first kappa shape index (κ1) is 15.2. The van der Waals surface area contributed by atoms with Crippen LogP contribution in [0.5, 0.6) is 5.75 Å². The zero-order chi connectivity index (χ0) is 15.4. The summed E-state index contributed by atoms with van der Waals surface area (Å²) < 4.78 is 6.61. The van der Waals surface area contributed by atoms with E-state index in [0.717, 1.165) is 17.7 Å². The van der Waals surface area contributed by atoms with Crippen molar-refractivity contribution >= 4 is 17.2 Å². The summed E-state index contributed by atoms with van der Waals surface area (Å²) in [5, 5.41) is 4.38. The molecule has 1 heterocycles. The number of nitrogens with two attached hydrogens (primary N) is 1. The van der Waals surface area contributed by atoms with Crippen LogP contribution in [-0.2, 0) is 6.54 Å². The minimum Gasteiger partial charge on any atom is -0.497 e. The predicted molar refractivity (Wildman–Crippen MR) is 86.7 cm³/mol. The number of ether oxygens (including phenoxy) is 1. The minimum absolute atomic E-state index is 0.0800. The molecule has 0 unspecified atom stereocenters. The quantitative estimate of drug-likeness (QED) is 0.855. The van der Waals surface area contributed by atoms with Crippen molar-refractivity contribution < 1.29 is 4.74 Å². The molecule has 2 aromatic rings. The van der Waals surface area contributed by atoms with Crippen molar-refractivity contribution in [2.45, 2.75) is 19.9 Å². The Balaban J connectivity index is 2.62. The van der Waals surface area contributed by atoms with E-state index in [0.29, 0.717) is 17.8 Å². The molecule has 0 spiro atoms. The van der Waals surface area contributed by atoms with E-state index in [9.17, 15) is 4.79 Å². The van der Waals surface area contributed by atoms with Gasteiger partial charge in [0, 0.05) is 12.1 Å². The van der Waals surface area contributed by atoms with Crippen molar-refractivity contribution in [3.05, 3.63) is 46.2 Å². The number of methoxy groups -OCH3 is 1. The van der Waals surface area contributed by atoms with E-state index in [2.05, 4.69) is 5.10 Å². The van der Waals surface area contributed by atoms with Gasteiger partial charge in [-0.15, -0.1) is 0 Å². The fourth-order valence-corrected chi connectivity index (χ4v) is 2.15. The van der Waals surface area contributed by atoms with Gasteiger partial charge >= 0.3 is 0 Å². The average molecular weight is 303 g/mol. The van der Waals surface area contributed by atoms with Crippen LogP contribution in [0.15, 0.2) is 35.1 Å². The molecule has 1 aromatic heterocycles. The van der Waals surface area contributed by atoms with Crippen LogP contribution in [0.4, 0.5) is 0 Å². The fourth-order valence-electron chi connectivity index (χ4n) is 2.01. The lowest BCUT2D eigenvalue weighted by Gasteiger charge is -2.10. The molecule has 21 heavy (non-hydrogen) atoms. The monoisotopic (exact) mass is 303 g/mol. The van der Waals surface area contributed by atoms with E-state index in [1.165, 1.54) is 4.68 Å². The Labute approximate surface area is 128 Å². The zero-order valence-electron chi connectivity index (χ0n) is 12.0. The maximum Gasteiger partial charge on any atom is 0.277 e. The molecule has 0 amide bonds. The molecular weight excluding hydrogens is 286 g/mol. The predicted octanol–water partition coefficient (Wildman–Crippen LogP) is 1.96. The first-order chi connectivity index (χ1) is 10.1. The summed E-state index contributed by atoms with van der Waals surface area (Å²) in [4.78, 5) is 12.3. The molecule has 110 valence electrons. The lowest BCUT2D eigenvalue weighted by Crippen LogP contribution is -2.31. The van der Waals surface area contributed by atoms with Gasteiger partial charge in [-0.3, -0.25) is 4.79 Å². The van der Waals surface area contributed by atoms with Crippen molar-refractivity contribution in [2.75, 3.05) is 7.11 Å². The van der Waals surface area contributed by atoms with Crippen LogP contribution in [0.1, 0.15) is 18.9 Å². The Bertz CT molecular complexity index is 725. The molecule has 0 saturated heterocycles. The molecule has 2 N–H and O–H groups in total. The third-order valence-corrected chi connectivity index (χ3v) is 3.26. The Hall–Kier alpha value is -2.21. The Kier molecular flexibility index (Phi) is 4.70. The Morgan fingerprint density at radius 2 is 2.19 bits per heavy atom. The molecule has 0 atom stereocenters. The van der Waals surface area contributed by atoms with Crippen LogP contribution in [0.2, 0.25) is 0 Å². The fraction of sp³-hybridized carbons (Fsp3) is 0.267. The van der Waals surface area contributed by atoms with Gasteiger partial charge in [0.05, 0.1) is 18.4 Å². The summed E-state index contributed by atoms with van der Waals surface area (Å²) in [5.74, 6) is 0.722. The number of thiocarbonyl (C=S) groups is 1. The largest absolute Gasteiger partial charge is 0.497 e. The number of hydrogen-bond donors (Lipinski definition) is 1. The first-order valence-corrected chi connectivity index (χ1v) is 7.04. The Morgan fingerprint density at radius 1 is 1.43 bits per heavy atom.